The maximum atomic E-state index is 13.4. The van der Waals surface area contributed by atoms with E-state index in [1.54, 1.807) is 0 Å². The molecular formula is C16H15ClFN3O6. The highest BCUT2D eigenvalue weighted by Gasteiger charge is 2.61. The third-order valence-corrected chi connectivity index (χ3v) is 4.11. The molecule has 0 saturated heterocycles. The first-order valence-corrected chi connectivity index (χ1v) is 7.86. The molecule has 3 N–H and O–H groups in total. The molecule has 2 unspecified atom stereocenters. The van der Waals surface area contributed by atoms with Crippen molar-refractivity contribution in [3.63, 3.8) is 0 Å². The molecule has 2 atom stereocenters. The maximum Gasteiger partial charge on any atom is 0.370 e. The number of rotatable bonds is 8. The van der Waals surface area contributed by atoms with Crippen molar-refractivity contribution in [3.05, 3.63) is 62.8 Å². The molecule has 0 saturated carbocycles. The van der Waals surface area contributed by atoms with E-state index < -0.39 is 40.6 Å². The monoisotopic (exact) mass is 399 g/mol. The highest BCUT2D eigenvalue weighted by Crippen LogP contribution is 2.39. The summed E-state index contributed by atoms with van der Waals surface area (Å²) in [6, 6.07) is 3.28. The molecule has 11 heteroatoms. The van der Waals surface area contributed by atoms with Gasteiger partial charge in [-0.2, -0.15) is 0 Å². The molecule has 0 radical (unpaired) electrons. The number of carbonyl (C=O) groups is 2. The zero-order valence-electron chi connectivity index (χ0n) is 14.0. The van der Waals surface area contributed by atoms with Gasteiger partial charge in [-0.15, -0.1) is 0 Å². The van der Waals surface area contributed by atoms with Crippen LogP contribution in [0.2, 0.25) is 5.02 Å². The molecule has 1 aliphatic rings. The number of hydrogen-bond donors (Lipinski definition) is 2. The first-order chi connectivity index (χ1) is 12.8. The second kappa shape index (κ2) is 8.04. The van der Waals surface area contributed by atoms with Crippen molar-refractivity contribution in [2.75, 3.05) is 19.0 Å². The second-order valence-electron chi connectivity index (χ2n) is 5.39. The fraction of sp³-hybridized carbons (Fsp3) is 0.250. The highest BCUT2D eigenvalue weighted by molar-refractivity contribution is 6.31. The third-order valence-electron chi connectivity index (χ3n) is 3.82. The number of hydrogen-bond acceptors (Lipinski definition) is 7. The standard InChI is InChI=1S/C16H15ClFN3O6/c1-26-13-5-3-10(15(19)23)16(21(24)25,14(13)27-7-6-22)20-9-2-4-12(18)11(17)8-9/h2-6,8,10,20H,7H2,1H3,(H2,19,23). The summed E-state index contributed by atoms with van der Waals surface area (Å²) in [6.45, 7) is -0.539. The Hall–Kier alpha value is -3.14. The number of benzene rings is 1. The number of anilines is 1. The summed E-state index contributed by atoms with van der Waals surface area (Å²) in [7, 11) is 1.23. The average Bonchev–Trinajstić information content (AvgIpc) is 2.62. The molecule has 2 rings (SSSR count). The van der Waals surface area contributed by atoms with E-state index in [1.807, 2.05) is 0 Å². The predicted octanol–water partition coefficient (Wildman–Crippen LogP) is 1.61. The van der Waals surface area contributed by atoms with Crippen molar-refractivity contribution in [1.29, 1.82) is 0 Å². The highest BCUT2D eigenvalue weighted by atomic mass is 35.5. The average molecular weight is 400 g/mol. The minimum absolute atomic E-state index is 0.0160. The van der Waals surface area contributed by atoms with Crippen molar-refractivity contribution < 1.29 is 28.4 Å². The zero-order chi connectivity index (χ0) is 20.2. The van der Waals surface area contributed by atoms with Crippen LogP contribution in [-0.2, 0) is 19.1 Å². The largest absolute Gasteiger partial charge is 0.493 e. The van der Waals surface area contributed by atoms with Gasteiger partial charge in [0.25, 0.3) is 0 Å². The summed E-state index contributed by atoms with van der Waals surface area (Å²) in [5.41, 5.74) is 2.92. The van der Waals surface area contributed by atoms with Crippen LogP contribution in [0.3, 0.4) is 0 Å². The number of nitrogens with two attached hydrogens (primary N) is 1. The van der Waals surface area contributed by atoms with Crippen LogP contribution in [-0.4, -0.2) is 36.5 Å². The number of nitrogens with one attached hydrogen (secondary N) is 1. The molecule has 0 fully saturated rings. The van der Waals surface area contributed by atoms with E-state index in [4.69, 9.17) is 26.8 Å². The van der Waals surface area contributed by atoms with Crippen molar-refractivity contribution in [2.45, 2.75) is 5.66 Å². The van der Waals surface area contributed by atoms with Gasteiger partial charge in [0.15, 0.2) is 18.0 Å². The Kier molecular flexibility index (Phi) is 6.01. The second-order valence-corrected chi connectivity index (χ2v) is 5.80. The molecule has 0 aromatic heterocycles. The van der Waals surface area contributed by atoms with Crippen LogP contribution in [0, 0.1) is 21.8 Å². The number of aldehydes is 1. The van der Waals surface area contributed by atoms with Gasteiger partial charge in [0.1, 0.15) is 12.4 Å². The summed E-state index contributed by atoms with van der Waals surface area (Å²) in [5, 5.41) is 14.4. The third kappa shape index (κ3) is 3.70. The summed E-state index contributed by atoms with van der Waals surface area (Å²) < 4.78 is 23.7. The molecule has 27 heavy (non-hydrogen) atoms. The minimum atomic E-state index is -2.45. The van der Waals surface area contributed by atoms with Gasteiger partial charge in [-0.05, 0) is 24.3 Å². The van der Waals surface area contributed by atoms with E-state index in [0.717, 1.165) is 12.1 Å². The van der Waals surface area contributed by atoms with Crippen LogP contribution < -0.4 is 11.1 Å². The molecule has 0 heterocycles. The molecule has 1 aromatic carbocycles. The van der Waals surface area contributed by atoms with Gasteiger partial charge in [-0.3, -0.25) is 19.7 Å². The molecule has 0 aliphatic heterocycles. The quantitative estimate of drug-likeness (QED) is 0.293. The lowest BCUT2D eigenvalue weighted by molar-refractivity contribution is -0.560. The lowest BCUT2D eigenvalue weighted by Gasteiger charge is -2.35. The first-order valence-electron chi connectivity index (χ1n) is 7.48. The van der Waals surface area contributed by atoms with Gasteiger partial charge in [0.2, 0.25) is 11.7 Å². The topological polar surface area (TPSA) is 134 Å². The van der Waals surface area contributed by atoms with Crippen LogP contribution in [0.5, 0.6) is 0 Å². The van der Waals surface area contributed by atoms with Gasteiger partial charge >= 0.3 is 5.66 Å². The number of methoxy groups -OCH3 is 1. The van der Waals surface area contributed by atoms with E-state index in [1.165, 1.54) is 25.3 Å². The molecular weight excluding hydrogens is 385 g/mol. The molecule has 1 amide bonds. The normalized spacial score (nSPS) is 21.5. The molecule has 144 valence electrons. The molecule has 9 nitrogen and oxygen atoms in total. The lowest BCUT2D eigenvalue weighted by Crippen LogP contribution is -2.59. The summed E-state index contributed by atoms with van der Waals surface area (Å²) in [6.07, 6.45) is 2.82. The number of halogens is 2. The van der Waals surface area contributed by atoms with Crippen LogP contribution in [0.25, 0.3) is 0 Å². The van der Waals surface area contributed by atoms with Crippen LogP contribution >= 0.6 is 11.6 Å². The Labute approximate surface area is 157 Å². The van der Waals surface area contributed by atoms with Gasteiger partial charge in [0, 0.05) is 5.69 Å². The number of amides is 1. The van der Waals surface area contributed by atoms with Gasteiger partial charge in [-0.1, -0.05) is 17.7 Å². The maximum absolute atomic E-state index is 13.4. The fourth-order valence-electron chi connectivity index (χ4n) is 2.66. The minimum Gasteiger partial charge on any atom is -0.493 e. The number of carbonyl (C=O) groups excluding carboxylic acids is 2. The summed E-state index contributed by atoms with van der Waals surface area (Å²) >= 11 is 5.73. The smallest absolute Gasteiger partial charge is 0.370 e. The Morgan fingerprint density at radius 1 is 1.56 bits per heavy atom. The predicted molar refractivity (Wildman–Crippen MR) is 92.6 cm³/mol. The molecule has 1 aliphatic carbocycles. The van der Waals surface area contributed by atoms with Gasteiger partial charge in [0.05, 0.1) is 17.1 Å². The lowest BCUT2D eigenvalue weighted by atomic mass is 9.85. The van der Waals surface area contributed by atoms with Crippen LogP contribution in [0.4, 0.5) is 10.1 Å². The van der Waals surface area contributed by atoms with Crippen molar-refractivity contribution in [1.82, 2.24) is 0 Å². The van der Waals surface area contributed by atoms with E-state index in [9.17, 15) is 24.1 Å². The summed E-state index contributed by atoms with van der Waals surface area (Å²) in [5.74, 6) is -3.82. The van der Waals surface area contributed by atoms with E-state index in [2.05, 4.69) is 5.32 Å². The zero-order valence-corrected chi connectivity index (χ0v) is 14.7. The van der Waals surface area contributed by atoms with E-state index in [-0.39, 0.29) is 16.5 Å². The number of ether oxygens (including phenoxy) is 2. The van der Waals surface area contributed by atoms with Crippen molar-refractivity contribution in [2.24, 2.45) is 11.7 Å². The first kappa shape index (κ1) is 20.2. The van der Waals surface area contributed by atoms with E-state index in [0.29, 0.717) is 6.29 Å². The molecule has 0 bridgehead atoms. The molecule has 1 aromatic rings. The van der Waals surface area contributed by atoms with Crippen LogP contribution in [0.1, 0.15) is 0 Å². The Balaban J connectivity index is 2.69. The number of allylic oxidation sites excluding steroid dienone is 1. The van der Waals surface area contributed by atoms with Gasteiger partial charge in [-0.25, -0.2) is 4.39 Å². The van der Waals surface area contributed by atoms with Crippen molar-refractivity contribution in [3.8, 4) is 0 Å². The number of nitro groups is 1. The molecule has 0 spiro atoms. The van der Waals surface area contributed by atoms with Gasteiger partial charge < -0.3 is 20.5 Å². The Morgan fingerprint density at radius 3 is 2.78 bits per heavy atom. The number of primary amides is 1. The Bertz CT molecular complexity index is 843. The fourth-order valence-corrected chi connectivity index (χ4v) is 2.84. The van der Waals surface area contributed by atoms with E-state index >= 15 is 0 Å². The van der Waals surface area contributed by atoms with Crippen molar-refractivity contribution >= 4 is 29.5 Å². The summed E-state index contributed by atoms with van der Waals surface area (Å²) in [4.78, 5) is 34.0. The Morgan fingerprint density at radius 2 is 2.26 bits per heavy atom. The number of nitrogens with zero attached hydrogens (tertiary/aromatic N) is 1. The SMILES string of the molecule is COC1=C(OCC=O)C(Nc2ccc(F)c(Cl)c2)([N+](=O)[O-])C(C(N)=O)C=C1. The van der Waals surface area contributed by atoms with Crippen LogP contribution in [0.15, 0.2) is 41.9 Å².